The van der Waals surface area contributed by atoms with Crippen LogP contribution < -0.4 is 16.4 Å². The van der Waals surface area contributed by atoms with E-state index in [0.717, 1.165) is 31.2 Å². The van der Waals surface area contributed by atoms with E-state index in [2.05, 4.69) is 20.6 Å². The fourth-order valence-corrected chi connectivity index (χ4v) is 4.44. The van der Waals surface area contributed by atoms with Gasteiger partial charge in [0.1, 0.15) is 6.04 Å². The van der Waals surface area contributed by atoms with Crippen molar-refractivity contribution in [3.8, 4) is 11.4 Å². The zero-order valence-corrected chi connectivity index (χ0v) is 19.8. The summed E-state index contributed by atoms with van der Waals surface area (Å²) in [5.74, 6) is -0.902. The monoisotopic (exact) mass is 487 g/mol. The quantitative estimate of drug-likeness (QED) is 0.381. The van der Waals surface area contributed by atoms with E-state index in [-0.39, 0.29) is 17.4 Å². The summed E-state index contributed by atoms with van der Waals surface area (Å²) < 4.78 is 0. The largest absolute Gasteiger partial charge is 0.478 e. The molecule has 9 nitrogen and oxygen atoms in total. The number of carboxylic acids is 1. The molecule has 1 atom stereocenters. The highest BCUT2D eigenvalue weighted by atomic mass is 16.4. The first-order chi connectivity index (χ1) is 17.4. The van der Waals surface area contributed by atoms with Gasteiger partial charge in [0.05, 0.1) is 5.56 Å². The number of anilines is 1. The first kappa shape index (κ1) is 25.0. The van der Waals surface area contributed by atoms with E-state index in [1.54, 1.807) is 36.7 Å². The molecule has 1 saturated carbocycles. The van der Waals surface area contributed by atoms with Crippen LogP contribution in [0.15, 0.2) is 67.0 Å². The second kappa shape index (κ2) is 11.5. The topological polar surface area (TPSA) is 147 Å². The molecule has 1 unspecified atom stereocenters. The molecule has 9 heteroatoms. The van der Waals surface area contributed by atoms with Gasteiger partial charge in [0.2, 0.25) is 5.91 Å². The summed E-state index contributed by atoms with van der Waals surface area (Å²) in [6, 6.07) is 13.8. The van der Waals surface area contributed by atoms with Gasteiger partial charge >= 0.3 is 5.97 Å². The number of rotatable bonds is 8. The lowest BCUT2D eigenvalue weighted by Gasteiger charge is -2.28. The molecule has 3 aromatic rings. The molecule has 0 spiro atoms. The number of hydrogen-bond donors (Lipinski definition) is 4. The summed E-state index contributed by atoms with van der Waals surface area (Å²) >= 11 is 0. The maximum atomic E-state index is 13.4. The predicted octanol–water partition coefficient (Wildman–Crippen LogP) is 3.40. The minimum atomic E-state index is -1.05. The molecule has 0 aliphatic heterocycles. The summed E-state index contributed by atoms with van der Waals surface area (Å²) in [6.07, 6.45) is 6.52. The molecule has 2 amide bonds. The number of amides is 2. The molecule has 1 aromatic heterocycles. The van der Waals surface area contributed by atoms with Crippen LogP contribution in [0.5, 0.6) is 0 Å². The van der Waals surface area contributed by atoms with Crippen molar-refractivity contribution in [2.75, 3.05) is 11.9 Å². The number of carboxylic acid groups (broad SMARTS) is 1. The lowest BCUT2D eigenvalue weighted by atomic mass is 9.81. The van der Waals surface area contributed by atoms with Gasteiger partial charge in [-0.2, -0.15) is 0 Å². The van der Waals surface area contributed by atoms with Crippen LogP contribution in [0.25, 0.3) is 11.4 Å². The summed E-state index contributed by atoms with van der Waals surface area (Å²) in [7, 11) is 0. The Hall–Kier alpha value is -4.11. The fourth-order valence-electron chi connectivity index (χ4n) is 4.44. The SMILES string of the molecule is NCC1CCC(C(=O)NC(C(=O)Nc2ccc(C(=O)O)cc2)c2cccc(-c3ncccn3)c2)CC1. The van der Waals surface area contributed by atoms with E-state index in [9.17, 15) is 14.4 Å². The highest BCUT2D eigenvalue weighted by molar-refractivity contribution is 5.98. The summed E-state index contributed by atoms with van der Waals surface area (Å²) in [5.41, 5.74) is 7.63. The summed E-state index contributed by atoms with van der Waals surface area (Å²) in [4.78, 5) is 46.3. The van der Waals surface area contributed by atoms with Crippen molar-refractivity contribution in [2.45, 2.75) is 31.7 Å². The van der Waals surface area contributed by atoms with Crippen molar-refractivity contribution < 1.29 is 19.5 Å². The Morgan fingerprint density at radius 2 is 1.67 bits per heavy atom. The third-order valence-electron chi connectivity index (χ3n) is 6.54. The minimum absolute atomic E-state index is 0.112. The molecule has 0 bridgehead atoms. The number of carbonyl (C=O) groups is 3. The molecule has 1 fully saturated rings. The standard InChI is InChI=1S/C27H29N5O4/c28-16-17-5-7-18(8-6-17)25(33)32-23(26(34)31-22-11-9-19(10-12-22)27(35)36)20-3-1-4-21(15-20)24-29-13-2-14-30-24/h1-4,9-15,17-18,23H,5-8,16,28H2,(H,31,34)(H,32,33)(H,35,36). The molecule has 1 heterocycles. The van der Waals surface area contributed by atoms with E-state index in [1.165, 1.54) is 24.3 Å². The fraction of sp³-hybridized carbons (Fsp3) is 0.296. The predicted molar refractivity (Wildman–Crippen MR) is 135 cm³/mol. The van der Waals surface area contributed by atoms with Crippen LogP contribution in [0.4, 0.5) is 5.69 Å². The first-order valence-electron chi connectivity index (χ1n) is 12.0. The van der Waals surface area contributed by atoms with Gasteiger partial charge in [0.15, 0.2) is 5.82 Å². The molecule has 0 saturated heterocycles. The van der Waals surface area contributed by atoms with Crippen LogP contribution in [0.2, 0.25) is 0 Å². The van der Waals surface area contributed by atoms with Crippen LogP contribution in [0, 0.1) is 11.8 Å². The van der Waals surface area contributed by atoms with Gasteiger partial charge in [-0.1, -0.05) is 18.2 Å². The third-order valence-corrected chi connectivity index (χ3v) is 6.54. The Morgan fingerprint density at radius 1 is 0.972 bits per heavy atom. The zero-order valence-electron chi connectivity index (χ0n) is 19.8. The second-order valence-electron chi connectivity index (χ2n) is 8.96. The van der Waals surface area contributed by atoms with Crippen molar-refractivity contribution in [1.82, 2.24) is 15.3 Å². The van der Waals surface area contributed by atoms with Crippen LogP contribution in [-0.4, -0.2) is 39.4 Å². The smallest absolute Gasteiger partial charge is 0.335 e. The average Bonchev–Trinajstić information content (AvgIpc) is 2.92. The van der Waals surface area contributed by atoms with E-state index < -0.39 is 17.9 Å². The average molecular weight is 488 g/mol. The van der Waals surface area contributed by atoms with Gasteiger partial charge in [-0.3, -0.25) is 9.59 Å². The maximum absolute atomic E-state index is 13.4. The van der Waals surface area contributed by atoms with Crippen LogP contribution in [0.3, 0.4) is 0 Å². The number of nitrogens with zero attached hydrogens (tertiary/aromatic N) is 2. The van der Waals surface area contributed by atoms with E-state index in [1.807, 2.05) is 6.07 Å². The van der Waals surface area contributed by atoms with E-state index >= 15 is 0 Å². The normalized spacial score (nSPS) is 18.1. The van der Waals surface area contributed by atoms with Crippen molar-refractivity contribution in [3.63, 3.8) is 0 Å². The van der Waals surface area contributed by atoms with Gasteiger partial charge in [0.25, 0.3) is 5.91 Å². The molecular formula is C27H29N5O4. The summed E-state index contributed by atoms with van der Waals surface area (Å²) in [6.45, 7) is 0.619. The van der Waals surface area contributed by atoms with Crippen molar-refractivity contribution in [1.29, 1.82) is 0 Å². The summed E-state index contributed by atoms with van der Waals surface area (Å²) in [5, 5.41) is 14.9. The van der Waals surface area contributed by atoms with Crippen LogP contribution in [0.1, 0.15) is 47.6 Å². The lowest BCUT2D eigenvalue weighted by Crippen LogP contribution is -2.41. The van der Waals surface area contributed by atoms with Crippen molar-refractivity contribution in [2.24, 2.45) is 17.6 Å². The number of benzene rings is 2. The van der Waals surface area contributed by atoms with Crippen molar-refractivity contribution in [3.05, 3.63) is 78.1 Å². The molecular weight excluding hydrogens is 458 g/mol. The molecule has 1 aliphatic rings. The van der Waals surface area contributed by atoms with E-state index in [4.69, 9.17) is 10.8 Å². The number of nitrogens with one attached hydrogen (secondary N) is 2. The molecule has 1 aliphatic carbocycles. The Bertz CT molecular complexity index is 1210. The number of nitrogens with two attached hydrogens (primary N) is 1. The molecule has 2 aromatic carbocycles. The molecule has 5 N–H and O–H groups in total. The molecule has 4 rings (SSSR count). The Balaban J connectivity index is 1.58. The van der Waals surface area contributed by atoms with Crippen LogP contribution in [-0.2, 0) is 9.59 Å². The lowest BCUT2D eigenvalue weighted by molar-refractivity contribution is -0.130. The molecule has 186 valence electrons. The minimum Gasteiger partial charge on any atom is -0.478 e. The maximum Gasteiger partial charge on any atom is 0.335 e. The highest BCUT2D eigenvalue weighted by Crippen LogP contribution is 2.29. The number of aromatic carboxylic acids is 1. The number of aromatic nitrogens is 2. The van der Waals surface area contributed by atoms with Gasteiger partial charge < -0.3 is 21.5 Å². The Labute approximate surface area is 209 Å². The number of hydrogen-bond acceptors (Lipinski definition) is 6. The van der Waals surface area contributed by atoms with E-state index in [0.29, 0.717) is 29.5 Å². The molecule has 36 heavy (non-hydrogen) atoms. The molecule has 0 radical (unpaired) electrons. The van der Waals surface area contributed by atoms with Gasteiger partial charge in [-0.15, -0.1) is 0 Å². The second-order valence-corrected chi connectivity index (χ2v) is 8.96. The van der Waals surface area contributed by atoms with Gasteiger partial charge in [0, 0.05) is 29.6 Å². The number of carbonyl (C=O) groups excluding carboxylic acids is 2. The third kappa shape index (κ3) is 6.11. The van der Waals surface area contributed by atoms with Gasteiger partial charge in [-0.25, -0.2) is 14.8 Å². The Morgan fingerprint density at radius 3 is 2.31 bits per heavy atom. The van der Waals surface area contributed by atoms with Gasteiger partial charge in [-0.05, 0) is 80.1 Å². The first-order valence-corrected chi connectivity index (χ1v) is 12.0. The zero-order chi connectivity index (χ0) is 25.5. The highest BCUT2D eigenvalue weighted by Gasteiger charge is 2.30. The van der Waals surface area contributed by atoms with Crippen molar-refractivity contribution >= 4 is 23.5 Å². The Kier molecular flexibility index (Phi) is 8.02. The van der Waals surface area contributed by atoms with Crippen LogP contribution >= 0.6 is 0 Å².